The third kappa shape index (κ3) is 3.82. The standard InChI is InChI=1S/C22H18N6O2S/c1-30-16-9-10-18-20(12-16)31-22(24-18)27(13-15-6-4-5-11-23-15)21(29)14-28-19-8-3-2-7-17(19)25-26-28/h2-12H,13-14H2,1H3. The Balaban J connectivity index is 1.51. The molecule has 0 N–H and O–H groups in total. The Kier molecular flexibility index (Phi) is 5.01. The van der Waals surface area contributed by atoms with Crippen LogP contribution in [0.3, 0.4) is 0 Å². The van der Waals surface area contributed by atoms with Crippen LogP contribution in [-0.4, -0.2) is 38.0 Å². The Labute approximate surface area is 181 Å². The molecule has 154 valence electrons. The molecule has 3 heterocycles. The summed E-state index contributed by atoms with van der Waals surface area (Å²) in [5.74, 6) is 0.603. The normalized spacial score (nSPS) is 11.1. The van der Waals surface area contributed by atoms with Crippen LogP contribution in [-0.2, 0) is 17.9 Å². The van der Waals surface area contributed by atoms with Crippen LogP contribution in [0.15, 0.2) is 66.9 Å². The maximum atomic E-state index is 13.4. The van der Waals surface area contributed by atoms with E-state index in [-0.39, 0.29) is 12.5 Å². The van der Waals surface area contributed by atoms with Gasteiger partial charge in [0.1, 0.15) is 17.8 Å². The number of amides is 1. The molecule has 5 rings (SSSR count). The number of thiazole rings is 1. The molecule has 0 bridgehead atoms. The second-order valence-corrected chi connectivity index (χ2v) is 7.88. The molecule has 0 aliphatic carbocycles. The van der Waals surface area contributed by atoms with E-state index in [0.717, 1.165) is 32.7 Å². The first kappa shape index (κ1) is 19.1. The lowest BCUT2D eigenvalue weighted by atomic mass is 10.3. The molecule has 0 atom stereocenters. The molecule has 0 aliphatic rings. The van der Waals surface area contributed by atoms with Crippen molar-refractivity contribution >= 4 is 43.6 Å². The first-order valence-corrected chi connectivity index (χ1v) is 10.5. The largest absolute Gasteiger partial charge is 0.497 e. The number of rotatable bonds is 6. The Morgan fingerprint density at radius 3 is 2.81 bits per heavy atom. The first-order chi connectivity index (χ1) is 15.2. The van der Waals surface area contributed by atoms with Crippen molar-refractivity contribution in [3.8, 4) is 5.75 Å². The monoisotopic (exact) mass is 430 g/mol. The number of benzene rings is 2. The molecule has 31 heavy (non-hydrogen) atoms. The van der Waals surface area contributed by atoms with E-state index in [9.17, 15) is 4.79 Å². The van der Waals surface area contributed by atoms with Crippen molar-refractivity contribution in [2.45, 2.75) is 13.1 Å². The third-order valence-corrected chi connectivity index (χ3v) is 5.91. The number of carbonyl (C=O) groups excluding carboxylic acids is 1. The maximum Gasteiger partial charge on any atom is 0.250 e. The minimum absolute atomic E-state index is 0.0482. The van der Waals surface area contributed by atoms with Gasteiger partial charge in [0.25, 0.3) is 5.91 Å². The fraction of sp³-hybridized carbons (Fsp3) is 0.136. The lowest BCUT2D eigenvalue weighted by molar-refractivity contribution is -0.119. The van der Waals surface area contributed by atoms with Gasteiger partial charge in [-0.1, -0.05) is 34.7 Å². The topological polar surface area (TPSA) is 86.0 Å². The van der Waals surface area contributed by atoms with Gasteiger partial charge in [0.2, 0.25) is 0 Å². The molecular weight excluding hydrogens is 412 g/mol. The summed E-state index contributed by atoms with van der Waals surface area (Å²) in [6.07, 6.45) is 1.71. The summed E-state index contributed by atoms with van der Waals surface area (Å²) >= 11 is 1.44. The Morgan fingerprint density at radius 1 is 1.10 bits per heavy atom. The number of hydrogen-bond donors (Lipinski definition) is 0. The van der Waals surface area contributed by atoms with Crippen LogP contribution in [0.5, 0.6) is 5.75 Å². The van der Waals surface area contributed by atoms with E-state index in [0.29, 0.717) is 11.7 Å². The van der Waals surface area contributed by atoms with Crippen LogP contribution in [0.1, 0.15) is 5.69 Å². The zero-order valence-electron chi connectivity index (χ0n) is 16.7. The Hall–Kier alpha value is -3.85. The fourth-order valence-corrected chi connectivity index (χ4v) is 4.31. The number of para-hydroxylation sites is 1. The van der Waals surface area contributed by atoms with E-state index < -0.39 is 0 Å². The molecule has 0 fully saturated rings. The van der Waals surface area contributed by atoms with Gasteiger partial charge in [0.15, 0.2) is 5.13 Å². The van der Waals surface area contributed by atoms with Gasteiger partial charge in [-0.15, -0.1) is 5.10 Å². The average Bonchev–Trinajstić information content (AvgIpc) is 3.41. The van der Waals surface area contributed by atoms with Gasteiger partial charge >= 0.3 is 0 Å². The molecule has 2 aromatic carbocycles. The van der Waals surface area contributed by atoms with Gasteiger partial charge in [0.05, 0.1) is 35.1 Å². The summed E-state index contributed by atoms with van der Waals surface area (Å²) in [4.78, 5) is 24.1. The SMILES string of the molecule is COc1ccc2nc(N(Cc3ccccn3)C(=O)Cn3nnc4ccccc43)sc2c1. The van der Waals surface area contributed by atoms with Crippen molar-refractivity contribution < 1.29 is 9.53 Å². The van der Waals surface area contributed by atoms with Gasteiger partial charge in [-0.3, -0.25) is 14.7 Å². The van der Waals surface area contributed by atoms with Crippen molar-refractivity contribution in [2.75, 3.05) is 12.0 Å². The molecule has 0 saturated heterocycles. The van der Waals surface area contributed by atoms with Gasteiger partial charge in [-0.05, 0) is 42.5 Å². The predicted octanol–water partition coefficient (Wildman–Crippen LogP) is 3.68. The molecule has 0 saturated carbocycles. The van der Waals surface area contributed by atoms with E-state index in [1.807, 2.05) is 60.7 Å². The summed E-state index contributed by atoms with van der Waals surface area (Å²) in [5, 5.41) is 8.90. The summed E-state index contributed by atoms with van der Waals surface area (Å²) < 4.78 is 7.87. The summed E-state index contributed by atoms with van der Waals surface area (Å²) in [5.41, 5.74) is 3.14. The van der Waals surface area contributed by atoms with Gasteiger partial charge in [0, 0.05) is 6.20 Å². The lowest BCUT2D eigenvalue weighted by Gasteiger charge is -2.19. The minimum atomic E-state index is -0.146. The van der Waals surface area contributed by atoms with Crippen LogP contribution in [0.4, 0.5) is 5.13 Å². The number of anilines is 1. The number of hydrogen-bond acceptors (Lipinski definition) is 7. The number of fused-ring (bicyclic) bond motifs is 2. The summed E-state index contributed by atoms with van der Waals surface area (Å²) in [7, 11) is 1.63. The molecule has 0 spiro atoms. The predicted molar refractivity (Wildman–Crippen MR) is 119 cm³/mol. The van der Waals surface area contributed by atoms with Crippen LogP contribution in [0, 0.1) is 0 Å². The summed E-state index contributed by atoms with van der Waals surface area (Å²) in [6.45, 7) is 0.357. The Morgan fingerprint density at radius 2 is 1.97 bits per heavy atom. The van der Waals surface area contributed by atoms with E-state index in [2.05, 4.69) is 15.3 Å². The van der Waals surface area contributed by atoms with Crippen molar-refractivity contribution in [1.82, 2.24) is 25.0 Å². The highest BCUT2D eigenvalue weighted by molar-refractivity contribution is 7.22. The lowest BCUT2D eigenvalue weighted by Crippen LogP contribution is -2.34. The van der Waals surface area contributed by atoms with E-state index in [1.54, 1.807) is 22.9 Å². The molecular formula is C22H18N6O2S. The minimum Gasteiger partial charge on any atom is -0.497 e. The molecule has 0 aliphatic heterocycles. The van der Waals surface area contributed by atoms with Gasteiger partial charge in [-0.25, -0.2) is 9.67 Å². The number of ether oxygens (including phenoxy) is 1. The number of pyridine rings is 1. The van der Waals surface area contributed by atoms with Crippen molar-refractivity contribution in [3.05, 3.63) is 72.6 Å². The number of carbonyl (C=O) groups is 1. The van der Waals surface area contributed by atoms with Gasteiger partial charge < -0.3 is 4.74 Å². The van der Waals surface area contributed by atoms with Crippen LogP contribution < -0.4 is 9.64 Å². The number of nitrogens with zero attached hydrogens (tertiary/aromatic N) is 6. The first-order valence-electron chi connectivity index (χ1n) is 9.64. The van der Waals surface area contributed by atoms with Crippen LogP contribution >= 0.6 is 11.3 Å². The highest BCUT2D eigenvalue weighted by Crippen LogP contribution is 2.32. The molecule has 8 nitrogen and oxygen atoms in total. The second-order valence-electron chi connectivity index (χ2n) is 6.87. The smallest absolute Gasteiger partial charge is 0.250 e. The van der Waals surface area contributed by atoms with Crippen molar-refractivity contribution in [2.24, 2.45) is 0 Å². The van der Waals surface area contributed by atoms with E-state index in [4.69, 9.17) is 9.72 Å². The van der Waals surface area contributed by atoms with E-state index in [1.165, 1.54) is 11.3 Å². The molecule has 1 amide bonds. The quantitative estimate of drug-likeness (QED) is 0.409. The molecule has 9 heteroatoms. The van der Waals surface area contributed by atoms with Crippen molar-refractivity contribution in [1.29, 1.82) is 0 Å². The summed E-state index contributed by atoms with van der Waals surface area (Å²) in [6, 6.07) is 18.9. The second kappa shape index (κ2) is 8.11. The fourth-order valence-electron chi connectivity index (χ4n) is 3.30. The number of aromatic nitrogens is 5. The zero-order valence-corrected chi connectivity index (χ0v) is 17.5. The molecule has 5 aromatic rings. The molecule has 3 aromatic heterocycles. The molecule has 0 radical (unpaired) electrons. The zero-order chi connectivity index (χ0) is 21.2. The highest BCUT2D eigenvalue weighted by atomic mass is 32.1. The van der Waals surface area contributed by atoms with Crippen LogP contribution in [0.2, 0.25) is 0 Å². The Bertz CT molecular complexity index is 1360. The highest BCUT2D eigenvalue weighted by Gasteiger charge is 2.22. The maximum absolute atomic E-state index is 13.4. The average molecular weight is 430 g/mol. The van der Waals surface area contributed by atoms with Crippen molar-refractivity contribution in [3.63, 3.8) is 0 Å². The molecule has 0 unspecified atom stereocenters. The van der Waals surface area contributed by atoms with Gasteiger partial charge in [-0.2, -0.15) is 0 Å². The number of methoxy groups -OCH3 is 1. The van der Waals surface area contributed by atoms with E-state index >= 15 is 0 Å². The van der Waals surface area contributed by atoms with Crippen LogP contribution in [0.25, 0.3) is 21.3 Å². The third-order valence-electron chi connectivity index (χ3n) is 4.87.